The van der Waals surface area contributed by atoms with Crippen molar-refractivity contribution in [2.75, 3.05) is 18.0 Å². The Morgan fingerprint density at radius 2 is 1.68 bits per heavy atom. The first-order chi connectivity index (χ1) is 11.9. The highest BCUT2D eigenvalue weighted by Gasteiger charge is 2.14. The summed E-state index contributed by atoms with van der Waals surface area (Å²) in [5, 5.41) is 19.4. The highest BCUT2D eigenvalue weighted by molar-refractivity contribution is 9.11. The molecular formula is C17H18Br2N4O2. The maximum atomic E-state index is 10.9. The highest BCUT2D eigenvalue weighted by atomic mass is 79.9. The summed E-state index contributed by atoms with van der Waals surface area (Å²) < 4.78 is 1.02. The van der Waals surface area contributed by atoms with E-state index in [1.165, 1.54) is 12.1 Å². The summed E-state index contributed by atoms with van der Waals surface area (Å²) in [6.07, 6.45) is 0. The van der Waals surface area contributed by atoms with Gasteiger partial charge in [-0.05, 0) is 76.4 Å². The lowest BCUT2D eigenvalue weighted by Crippen LogP contribution is -2.21. The van der Waals surface area contributed by atoms with Crippen molar-refractivity contribution in [1.82, 2.24) is 0 Å². The van der Waals surface area contributed by atoms with Gasteiger partial charge in [-0.25, -0.2) is 0 Å². The second-order valence-electron chi connectivity index (χ2n) is 5.36. The van der Waals surface area contributed by atoms with Crippen molar-refractivity contribution in [3.05, 3.63) is 55.0 Å². The van der Waals surface area contributed by atoms with E-state index in [0.717, 1.165) is 30.0 Å². The SMILES string of the molecule is CCN(CC)c1ccc(N=Nc2c(Br)cc([N+](=O)[O-])cc2Br)c(C)c1. The van der Waals surface area contributed by atoms with E-state index in [4.69, 9.17) is 0 Å². The molecule has 0 bridgehead atoms. The molecule has 2 aromatic rings. The van der Waals surface area contributed by atoms with Gasteiger partial charge in [0.15, 0.2) is 0 Å². The van der Waals surface area contributed by atoms with Gasteiger partial charge in [0, 0.05) is 30.9 Å². The molecule has 0 heterocycles. The highest BCUT2D eigenvalue weighted by Crippen LogP contribution is 2.38. The van der Waals surface area contributed by atoms with Crippen LogP contribution in [0.5, 0.6) is 0 Å². The fraction of sp³-hybridized carbons (Fsp3) is 0.294. The summed E-state index contributed by atoms with van der Waals surface area (Å²) in [6.45, 7) is 8.12. The number of non-ortho nitro benzene ring substituents is 1. The van der Waals surface area contributed by atoms with Gasteiger partial charge in [0.2, 0.25) is 0 Å². The summed E-state index contributed by atoms with van der Waals surface area (Å²) in [6, 6.07) is 8.86. The zero-order chi connectivity index (χ0) is 18.6. The summed E-state index contributed by atoms with van der Waals surface area (Å²) in [7, 11) is 0. The third-order valence-electron chi connectivity index (χ3n) is 3.78. The number of benzene rings is 2. The van der Waals surface area contributed by atoms with Crippen LogP contribution in [0.1, 0.15) is 19.4 Å². The van der Waals surface area contributed by atoms with Crippen LogP contribution in [-0.4, -0.2) is 18.0 Å². The van der Waals surface area contributed by atoms with Crippen LogP contribution in [0.4, 0.5) is 22.7 Å². The van der Waals surface area contributed by atoms with Crippen molar-refractivity contribution >= 4 is 54.6 Å². The topological polar surface area (TPSA) is 71.1 Å². The van der Waals surface area contributed by atoms with E-state index >= 15 is 0 Å². The van der Waals surface area contributed by atoms with Crippen LogP contribution < -0.4 is 4.90 Å². The third kappa shape index (κ3) is 4.64. The maximum Gasteiger partial charge on any atom is 0.271 e. The molecule has 132 valence electrons. The van der Waals surface area contributed by atoms with E-state index in [1.54, 1.807) is 0 Å². The normalized spacial score (nSPS) is 11.1. The minimum Gasteiger partial charge on any atom is -0.372 e. The molecule has 2 rings (SSSR count). The molecule has 8 heteroatoms. The number of azo groups is 1. The van der Waals surface area contributed by atoms with Gasteiger partial charge in [0.05, 0.1) is 19.6 Å². The first-order valence-electron chi connectivity index (χ1n) is 7.78. The molecule has 0 fully saturated rings. The number of nitro benzene ring substituents is 1. The Labute approximate surface area is 163 Å². The van der Waals surface area contributed by atoms with Gasteiger partial charge in [-0.2, -0.15) is 5.11 Å². The van der Waals surface area contributed by atoms with Crippen LogP contribution >= 0.6 is 31.9 Å². The van der Waals surface area contributed by atoms with Gasteiger partial charge in [-0.3, -0.25) is 10.1 Å². The lowest BCUT2D eigenvalue weighted by molar-refractivity contribution is -0.385. The molecule has 2 aromatic carbocycles. The molecule has 0 aromatic heterocycles. The van der Waals surface area contributed by atoms with E-state index in [0.29, 0.717) is 14.6 Å². The van der Waals surface area contributed by atoms with E-state index in [9.17, 15) is 10.1 Å². The Morgan fingerprint density at radius 1 is 1.08 bits per heavy atom. The lowest BCUT2D eigenvalue weighted by Gasteiger charge is -2.21. The molecule has 6 nitrogen and oxygen atoms in total. The molecule has 0 amide bonds. The van der Waals surface area contributed by atoms with Crippen molar-refractivity contribution in [2.24, 2.45) is 10.2 Å². The largest absolute Gasteiger partial charge is 0.372 e. The Balaban J connectivity index is 2.32. The minimum absolute atomic E-state index is 0.0162. The molecule has 0 N–H and O–H groups in total. The van der Waals surface area contributed by atoms with Crippen LogP contribution in [0.25, 0.3) is 0 Å². The minimum atomic E-state index is -0.452. The monoisotopic (exact) mass is 468 g/mol. The molecule has 0 atom stereocenters. The molecule has 0 spiro atoms. The second kappa shape index (κ2) is 8.53. The Morgan fingerprint density at radius 3 is 2.16 bits per heavy atom. The Hall–Kier alpha value is -1.80. The van der Waals surface area contributed by atoms with Crippen LogP contribution in [0.3, 0.4) is 0 Å². The summed E-state index contributed by atoms with van der Waals surface area (Å²) >= 11 is 6.63. The molecular weight excluding hydrogens is 452 g/mol. The zero-order valence-electron chi connectivity index (χ0n) is 14.2. The summed E-state index contributed by atoms with van der Waals surface area (Å²) in [5.74, 6) is 0. The van der Waals surface area contributed by atoms with Crippen molar-refractivity contribution in [2.45, 2.75) is 20.8 Å². The number of rotatable bonds is 6. The van der Waals surface area contributed by atoms with Crippen molar-refractivity contribution in [3.8, 4) is 0 Å². The van der Waals surface area contributed by atoms with Crippen molar-refractivity contribution in [1.29, 1.82) is 0 Å². The van der Waals surface area contributed by atoms with E-state index in [2.05, 4.69) is 66.9 Å². The average molecular weight is 470 g/mol. The van der Waals surface area contributed by atoms with Crippen LogP contribution in [0, 0.1) is 17.0 Å². The number of halogens is 2. The van der Waals surface area contributed by atoms with Crippen molar-refractivity contribution < 1.29 is 4.92 Å². The van der Waals surface area contributed by atoms with E-state index in [1.807, 2.05) is 19.1 Å². The zero-order valence-corrected chi connectivity index (χ0v) is 17.3. The smallest absolute Gasteiger partial charge is 0.271 e. The first-order valence-corrected chi connectivity index (χ1v) is 9.36. The lowest BCUT2D eigenvalue weighted by atomic mass is 10.1. The number of nitro groups is 1. The van der Waals surface area contributed by atoms with Crippen LogP contribution in [-0.2, 0) is 0 Å². The maximum absolute atomic E-state index is 10.9. The molecule has 0 aliphatic heterocycles. The number of hydrogen-bond acceptors (Lipinski definition) is 5. The number of hydrogen-bond donors (Lipinski definition) is 0. The standard InChI is InChI=1S/C17H18Br2N4O2/c1-4-22(5-2)12-6-7-16(11(3)8-12)20-21-17-14(18)9-13(23(24)25)10-15(17)19/h6-10H,4-5H2,1-3H3. The first kappa shape index (κ1) is 19.5. The number of nitrogens with zero attached hydrogens (tertiary/aromatic N) is 4. The predicted octanol–water partition coefficient (Wildman–Crippen LogP) is 6.69. The van der Waals surface area contributed by atoms with E-state index < -0.39 is 4.92 Å². The van der Waals surface area contributed by atoms with Gasteiger partial charge in [-0.15, -0.1) is 5.11 Å². The Kier molecular flexibility index (Phi) is 6.66. The second-order valence-corrected chi connectivity index (χ2v) is 7.07. The molecule has 0 saturated carbocycles. The molecule has 0 unspecified atom stereocenters. The average Bonchev–Trinajstić information content (AvgIpc) is 2.56. The number of anilines is 1. The van der Waals surface area contributed by atoms with Gasteiger partial charge in [0.25, 0.3) is 5.69 Å². The number of aryl methyl sites for hydroxylation is 1. The molecule has 0 saturated heterocycles. The molecule has 0 radical (unpaired) electrons. The molecule has 0 aliphatic carbocycles. The van der Waals surface area contributed by atoms with Crippen LogP contribution in [0.2, 0.25) is 0 Å². The fourth-order valence-corrected chi connectivity index (χ4v) is 3.72. The molecule has 0 aliphatic rings. The summed E-state index contributed by atoms with van der Waals surface area (Å²) in [5.41, 5.74) is 3.42. The fourth-order valence-electron chi connectivity index (χ4n) is 2.39. The predicted molar refractivity (Wildman–Crippen MR) is 107 cm³/mol. The van der Waals surface area contributed by atoms with Gasteiger partial charge in [-0.1, -0.05) is 0 Å². The third-order valence-corrected chi connectivity index (χ3v) is 4.99. The summed E-state index contributed by atoms with van der Waals surface area (Å²) in [4.78, 5) is 12.7. The van der Waals surface area contributed by atoms with Crippen molar-refractivity contribution in [3.63, 3.8) is 0 Å². The van der Waals surface area contributed by atoms with Gasteiger partial charge in [0.1, 0.15) is 5.69 Å². The van der Waals surface area contributed by atoms with Crippen LogP contribution in [0.15, 0.2) is 49.5 Å². The van der Waals surface area contributed by atoms with E-state index in [-0.39, 0.29) is 5.69 Å². The van der Waals surface area contributed by atoms with Gasteiger partial charge < -0.3 is 4.90 Å². The molecule has 25 heavy (non-hydrogen) atoms. The van der Waals surface area contributed by atoms with Gasteiger partial charge >= 0.3 is 0 Å². The Bertz CT molecular complexity index is 797. The quantitative estimate of drug-likeness (QED) is 0.268.